The van der Waals surface area contributed by atoms with Crippen molar-refractivity contribution in [3.05, 3.63) is 53.6 Å². The molecule has 8 nitrogen and oxygen atoms in total. The van der Waals surface area contributed by atoms with Crippen LogP contribution < -0.4 is 19.5 Å². The molecular formula is C25H27N3O5. The summed E-state index contributed by atoms with van der Waals surface area (Å²) in [5, 5.41) is 2.93. The molecule has 0 atom stereocenters. The number of amides is 2. The minimum absolute atomic E-state index is 0.0213. The maximum absolute atomic E-state index is 13.4. The Bertz CT molecular complexity index is 1090. The quantitative estimate of drug-likeness (QED) is 0.732. The predicted molar refractivity (Wildman–Crippen MR) is 121 cm³/mol. The Labute approximate surface area is 192 Å². The molecule has 2 heterocycles. The Morgan fingerprint density at radius 3 is 2.61 bits per heavy atom. The summed E-state index contributed by atoms with van der Waals surface area (Å²) in [6, 6.07) is 12.9. The van der Waals surface area contributed by atoms with E-state index >= 15 is 0 Å². The molecule has 172 valence electrons. The first-order valence-electron chi connectivity index (χ1n) is 11.3. The second-order valence-electron chi connectivity index (χ2n) is 8.59. The van der Waals surface area contributed by atoms with Crippen LogP contribution in [0.5, 0.6) is 17.2 Å². The maximum atomic E-state index is 13.4. The highest BCUT2D eigenvalue weighted by Gasteiger charge is 2.48. The summed E-state index contributed by atoms with van der Waals surface area (Å²) in [5.74, 6) is 1.69. The molecule has 5 rings (SSSR count). The van der Waals surface area contributed by atoms with Gasteiger partial charge in [-0.2, -0.15) is 0 Å². The molecule has 1 fully saturated rings. The molecule has 2 aromatic carbocycles. The number of nitrogens with zero attached hydrogens (tertiary/aromatic N) is 2. The lowest BCUT2D eigenvalue weighted by molar-refractivity contribution is -0.136. The van der Waals surface area contributed by atoms with Crippen molar-refractivity contribution >= 4 is 17.5 Å². The third-order valence-electron chi connectivity index (χ3n) is 6.52. The van der Waals surface area contributed by atoms with Crippen molar-refractivity contribution < 1.29 is 23.8 Å². The molecule has 1 aliphatic carbocycles. The summed E-state index contributed by atoms with van der Waals surface area (Å²) in [7, 11) is 1.61. The van der Waals surface area contributed by atoms with E-state index in [0.717, 1.165) is 49.0 Å². The van der Waals surface area contributed by atoms with E-state index < -0.39 is 5.66 Å². The van der Waals surface area contributed by atoms with E-state index in [9.17, 15) is 9.59 Å². The maximum Gasteiger partial charge on any atom is 0.275 e. The lowest BCUT2D eigenvalue weighted by atomic mass is 9.88. The van der Waals surface area contributed by atoms with Crippen LogP contribution in [0.2, 0.25) is 0 Å². The number of aliphatic imine (C=N–C) groups is 1. The number of hydrogen-bond donors (Lipinski definition) is 1. The SMILES string of the molecule is COc1ccc(C2=NC3(CCCCC3)N(CC(=O)NCc3ccc4c(c3)OCO4)C2=O)cc1. The Hall–Kier alpha value is -3.55. The average Bonchev–Trinajstić information content (AvgIpc) is 3.42. The van der Waals surface area contributed by atoms with Crippen LogP contribution >= 0.6 is 0 Å². The Morgan fingerprint density at radius 2 is 1.85 bits per heavy atom. The number of rotatable bonds is 6. The van der Waals surface area contributed by atoms with E-state index in [1.807, 2.05) is 42.5 Å². The van der Waals surface area contributed by atoms with Crippen molar-refractivity contribution in [2.24, 2.45) is 4.99 Å². The minimum atomic E-state index is -0.638. The van der Waals surface area contributed by atoms with Gasteiger partial charge >= 0.3 is 0 Å². The Kier molecular flexibility index (Phi) is 5.66. The largest absolute Gasteiger partial charge is 0.497 e. The smallest absolute Gasteiger partial charge is 0.275 e. The highest BCUT2D eigenvalue weighted by Crippen LogP contribution is 2.39. The van der Waals surface area contributed by atoms with Crippen LogP contribution in [0.1, 0.15) is 43.2 Å². The van der Waals surface area contributed by atoms with E-state index in [4.69, 9.17) is 19.2 Å². The molecule has 1 spiro atoms. The Morgan fingerprint density at radius 1 is 1.09 bits per heavy atom. The third-order valence-corrected chi connectivity index (χ3v) is 6.52. The standard InChI is InChI=1S/C25H27N3O5/c1-31-19-8-6-18(7-9-19)23-24(30)28(25(27-23)11-3-2-4-12-25)15-22(29)26-14-17-5-10-20-21(13-17)33-16-32-20/h5-10,13H,2-4,11-12,14-16H2,1H3,(H,26,29). The number of ether oxygens (including phenoxy) is 3. The number of fused-ring (bicyclic) bond motifs is 1. The van der Waals surface area contributed by atoms with Gasteiger partial charge in [-0.3, -0.25) is 14.6 Å². The van der Waals surface area contributed by atoms with Crippen LogP contribution in [0.25, 0.3) is 0 Å². The second-order valence-corrected chi connectivity index (χ2v) is 8.59. The van der Waals surface area contributed by atoms with E-state index in [2.05, 4.69) is 5.32 Å². The fraction of sp³-hybridized carbons (Fsp3) is 0.400. The molecule has 2 amide bonds. The first-order valence-corrected chi connectivity index (χ1v) is 11.3. The van der Waals surface area contributed by atoms with E-state index in [-0.39, 0.29) is 25.2 Å². The van der Waals surface area contributed by atoms with Gasteiger partial charge in [0.2, 0.25) is 12.7 Å². The summed E-state index contributed by atoms with van der Waals surface area (Å²) in [6.07, 6.45) is 4.64. The molecule has 1 saturated carbocycles. The average molecular weight is 450 g/mol. The van der Waals surface area contributed by atoms with Gasteiger partial charge in [0, 0.05) is 12.1 Å². The van der Waals surface area contributed by atoms with Gasteiger partial charge in [-0.1, -0.05) is 12.5 Å². The number of carbonyl (C=O) groups is 2. The van der Waals surface area contributed by atoms with Crippen molar-refractivity contribution in [3.8, 4) is 17.2 Å². The molecule has 0 bridgehead atoms. The zero-order valence-corrected chi connectivity index (χ0v) is 18.6. The lowest BCUT2D eigenvalue weighted by Crippen LogP contribution is -2.52. The number of methoxy groups -OCH3 is 1. The Balaban J connectivity index is 1.30. The third kappa shape index (κ3) is 4.13. The van der Waals surface area contributed by atoms with Gasteiger partial charge in [0.15, 0.2) is 11.5 Å². The number of hydrogen-bond acceptors (Lipinski definition) is 6. The van der Waals surface area contributed by atoms with E-state index in [1.54, 1.807) is 12.0 Å². The van der Waals surface area contributed by atoms with Crippen LogP contribution in [-0.2, 0) is 16.1 Å². The van der Waals surface area contributed by atoms with Gasteiger partial charge in [0.25, 0.3) is 5.91 Å². The lowest BCUT2D eigenvalue weighted by Gasteiger charge is -2.38. The van der Waals surface area contributed by atoms with Gasteiger partial charge in [-0.25, -0.2) is 0 Å². The normalized spacial score (nSPS) is 18.4. The summed E-state index contributed by atoms with van der Waals surface area (Å²) in [4.78, 5) is 32.9. The molecule has 1 N–H and O–H groups in total. The molecule has 2 aliphatic heterocycles. The molecule has 0 aromatic heterocycles. The van der Waals surface area contributed by atoms with Gasteiger partial charge in [0.1, 0.15) is 23.7 Å². The summed E-state index contributed by atoms with van der Waals surface area (Å²) in [6.45, 7) is 0.532. The highest BCUT2D eigenvalue weighted by atomic mass is 16.7. The monoisotopic (exact) mass is 449 g/mol. The number of benzene rings is 2. The van der Waals surface area contributed by atoms with Crippen LogP contribution in [0.3, 0.4) is 0 Å². The number of nitrogens with one attached hydrogen (secondary N) is 1. The minimum Gasteiger partial charge on any atom is -0.497 e. The molecule has 0 unspecified atom stereocenters. The molecule has 33 heavy (non-hydrogen) atoms. The predicted octanol–water partition coefficient (Wildman–Crippen LogP) is 3.03. The topological polar surface area (TPSA) is 89.5 Å². The van der Waals surface area contributed by atoms with Crippen molar-refractivity contribution in [1.29, 1.82) is 0 Å². The zero-order chi connectivity index (χ0) is 22.8. The fourth-order valence-corrected chi connectivity index (χ4v) is 4.74. The molecule has 3 aliphatic rings. The van der Waals surface area contributed by atoms with Crippen molar-refractivity contribution in [2.75, 3.05) is 20.4 Å². The van der Waals surface area contributed by atoms with Crippen molar-refractivity contribution in [2.45, 2.75) is 44.3 Å². The molecular weight excluding hydrogens is 422 g/mol. The number of carbonyl (C=O) groups excluding carboxylic acids is 2. The first-order chi connectivity index (χ1) is 16.1. The van der Waals surface area contributed by atoms with Gasteiger partial charge < -0.3 is 24.4 Å². The molecule has 8 heteroatoms. The highest BCUT2D eigenvalue weighted by molar-refractivity contribution is 6.47. The van der Waals surface area contributed by atoms with Crippen molar-refractivity contribution in [3.63, 3.8) is 0 Å². The van der Waals surface area contributed by atoms with Crippen LogP contribution in [-0.4, -0.2) is 48.5 Å². The van der Waals surface area contributed by atoms with E-state index in [1.165, 1.54) is 0 Å². The van der Waals surface area contributed by atoms with Gasteiger partial charge in [0.05, 0.1) is 7.11 Å². The van der Waals surface area contributed by atoms with Gasteiger partial charge in [-0.15, -0.1) is 0 Å². The van der Waals surface area contributed by atoms with Crippen LogP contribution in [0, 0.1) is 0 Å². The molecule has 0 saturated heterocycles. The zero-order valence-electron chi connectivity index (χ0n) is 18.6. The van der Waals surface area contributed by atoms with E-state index in [0.29, 0.717) is 23.8 Å². The first kappa shape index (κ1) is 21.3. The molecule has 2 aromatic rings. The van der Waals surface area contributed by atoms with Crippen LogP contribution in [0.4, 0.5) is 0 Å². The summed E-state index contributed by atoms with van der Waals surface area (Å²) < 4.78 is 16.0. The van der Waals surface area contributed by atoms with Gasteiger partial charge in [-0.05, 0) is 67.6 Å². The fourth-order valence-electron chi connectivity index (χ4n) is 4.74. The van der Waals surface area contributed by atoms with Crippen LogP contribution in [0.15, 0.2) is 47.5 Å². The molecule has 0 radical (unpaired) electrons. The second kappa shape index (κ2) is 8.77. The summed E-state index contributed by atoms with van der Waals surface area (Å²) in [5.41, 5.74) is 1.43. The van der Waals surface area contributed by atoms with Crippen molar-refractivity contribution in [1.82, 2.24) is 10.2 Å². The summed E-state index contributed by atoms with van der Waals surface area (Å²) >= 11 is 0.